The van der Waals surface area contributed by atoms with Crippen molar-refractivity contribution in [2.75, 3.05) is 32.9 Å². The summed E-state index contributed by atoms with van der Waals surface area (Å²) >= 11 is 0. The zero-order valence-corrected chi connectivity index (χ0v) is 11.9. The van der Waals surface area contributed by atoms with Gasteiger partial charge in [0.05, 0.1) is 25.2 Å². The first-order chi connectivity index (χ1) is 8.47. The van der Waals surface area contributed by atoms with Gasteiger partial charge in [-0.1, -0.05) is 12.2 Å². The third-order valence-electron chi connectivity index (χ3n) is 3.21. The Balaban J connectivity index is 2.53. The first-order valence-corrected chi connectivity index (χ1v) is 6.65. The highest BCUT2D eigenvalue weighted by Crippen LogP contribution is 2.20. The third kappa shape index (κ3) is 4.42. The van der Waals surface area contributed by atoms with Crippen molar-refractivity contribution in [2.24, 2.45) is 5.41 Å². The van der Waals surface area contributed by atoms with Gasteiger partial charge < -0.3 is 9.47 Å². The van der Waals surface area contributed by atoms with Crippen LogP contribution in [0.25, 0.3) is 0 Å². The van der Waals surface area contributed by atoms with Crippen molar-refractivity contribution < 1.29 is 14.3 Å². The number of nitrogens with zero attached hydrogens (tertiary/aromatic N) is 1. The molecule has 1 aliphatic heterocycles. The molecule has 1 heterocycles. The first-order valence-electron chi connectivity index (χ1n) is 6.65. The van der Waals surface area contributed by atoms with E-state index in [1.54, 1.807) is 0 Å². The quantitative estimate of drug-likeness (QED) is 0.555. The topological polar surface area (TPSA) is 38.8 Å². The van der Waals surface area contributed by atoms with Crippen LogP contribution in [-0.4, -0.2) is 49.8 Å². The van der Waals surface area contributed by atoms with Crippen molar-refractivity contribution in [2.45, 2.75) is 33.7 Å². The van der Waals surface area contributed by atoms with E-state index in [9.17, 15) is 4.79 Å². The minimum Gasteiger partial charge on any atom is -0.465 e. The van der Waals surface area contributed by atoms with Crippen LogP contribution in [0.2, 0.25) is 0 Å². The molecule has 0 amide bonds. The molecule has 0 radical (unpaired) electrons. The molecule has 0 aromatic carbocycles. The van der Waals surface area contributed by atoms with Gasteiger partial charge in [-0.05, 0) is 27.7 Å². The average molecular weight is 255 g/mol. The molecular weight excluding hydrogens is 230 g/mol. The number of esters is 1. The summed E-state index contributed by atoms with van der Waals surface area (Å²) in [5, 5.41) is 0. The van der Waals surface area contributed by atoms with E-state index in [1.165, 1.54) is 0 Å². The summed E-state index contributed by atoms with van der Waals surface area (Å²) in [6.45, 7) is 11.6. The standard InChI is InChI=1S/C14H25NO3/c1-5-18-13(16)14(3,4)7-6-12(2)15-8-10-17-11-9-15/h6-7,12H,5,8-11H2,1-4H3/b7-6+. The maximum absolute atomic E-state index is 11.7. The summed E-state index contributed by atoms with van der Waals surface area (Å²) in [6, 6.07) is 0.322. The molecule has 4 nitrogen and oxygen atoms in total. The van der Waals surface area contributed by atoms with Crippen molar-refractivity contribution in [1.82, 2.24) is 4.90 Å². The molecule has 0 N–H and O–H groups in total. The fourth-order valence-corrected chi connectivity index (χ4v) is 1.87. The van der Waals surface area contributed by atoms with Crippen LogP contribution in [-0.2, 0) is 14.3 Å². The SMILES string of the molecule is CCOC(=O)C(C)(C)/C=C/C(C)N1CCOCC1. The summed E-state index contributed by atoms with van der Waals surface area (Å²) < 4.78 is 10.4. The molecule has 0 bridgehead atoms. The lowest BCUT2D eigenvalue weighted by Gasteiger charge is -2.31. The highest BCUT2D eigenvalue weighted by molar-refractivity contribution is 5.78. The summed E-state index contributed by atoms with van der Waals surface area (Å²) in [7, 11) is 0. The Hall–Kier alpha value is -0.870. The van der Waals surface area contributed by atoms with E-state index in [1.807, 2.05) is 26.8 Å². The number of rotatable bonds is 5. The fraction of sp³-hybridized carbons (Fsp3) is 0.786. The van der Waals surface area contributed by atoms with Gasteiger partial charge in [-0.15, -0.1) is 0 Å². The molecule has 1 atom stereocenters. The van der Waals surface area contributed by atoms with Crippen LogP contribution in [0, 0.1) is 5.41 Å². The van der Waals surface area contributed by atoms with Gasteiger partial charge in [0.25, 0.3) is 0 Å². The maximum atomic E-state index is 11.7. The molecular formula is C14H25NO3. The van der Waals surface area contributed by atoms with E-state index in [0.29, 0.717) is 12.6 Å². The van der Waals surface area contributed by atoms with Gasteiger partial charge in [0.1, 0.15) is 0 Å². The van der Waals surface area contributed by atoms with Gasteiger partial charge in [-0.3, -0.25) is 9.69 Å². The highest BCUT2D eigenvalue weighted by atomic mass is 16.5. The maximum Gasteiger partial charge on any atom is 0.315 e. The Morgan fingerprint density at radius 1 is 1.44 bits per heavy atom. The zero-order chi connectivity index (χ0) is 13.6. The molecule has 0 aromatic rings. The highest BCUT2D eigenvalue weighted by Gasteiger charge is 2.26. The Morgan fingerprint density at radius 3 is 2.61 bits per heavy atom. The van der Waals surface area contributed by atoms with Gasteiger partial charge >= 0.3 is 5.97 Å². The monoisotopic (exact) mass is 255 g/mol. The lowest BCUT2D eigenvalue weighted by molar-refractivity contribution is -0.150. The van der Waals surface area contributed by atoms with E-state index >= 15 is 0 Å². The van der Waals surface area contributed by atoms with Crippen molar-refractivity contribution in [3.8, 4) is 0 Å². The van der Waals surface area contributed by atoms with Gasteiger partial charge in [0, 0.05) is 19.1 Å². The molecule has 0 spiro atoms. The second kappa shape index (κ2) is 6.90. The summed E-state index contributed by atoms with van der Waals surface area (Å²) in [5.74, 6) is -0.171. The predicted molar refractivity (Wildman–Crippen MR) is 71.4 cm³/mol. The molecule has 1 unspecified atom stereocenters. The van der Waals surface area contributed by atoms with Gasteiger partial charge in [0.2, 0.25) is 0 Å². The van der Waals surface area contributed by atoms with Crippen LogP contribution in [0.15, 0.2) is 12.2 Å². The largest absolute Gasteiger partial charge is 0.465 e. The Kier molecular flexibility index (Phi) is 5.82. The van der Waals surface area contributed by atoms with Crippen LogP contribution < -0.4 is 0 Å². The average Bonchev–Trinajstić information content (AvgIpc) is 2.37. The van der Waals surface area contributed by atoms with Crippen LogP contribution in [0.5, 0.6) is 0 Å². The molecule has 1 fully saturated rings. The van der Waals surface area contributed by atoms with E-state index in [0.717, 1.165) is 26.3 Å². The molecule has 1 rings (SSSR count). The molecule has 18 heavy (non-hydrogen) atoms. The predicted octanol–water partition coefficient (Wildman–Crippen LogP) is 1.85. The second-order valence-electron chi connectivity index (χ2n) is 5.19. The number of hydrogen-bond donors (Lipinski definition) is 0. The second-order valence-corrected chi connectivity index (χ2v) is 5.19. The molecule has 104 valence electrons. The number of carbonyl (C=O) groups is 1. The summed E-state index contributed by atoms with van der Waals surface area (Å²) in [5.41, 5.74) is -0.559. The molecule has 4 heteroatoms. The minimum atomic E-state index is -0.559. The third-order valence-corrected chi connectivity index (χ3v) is 3.21. The van der Waals surface area contributed by atoms with Crippen LogP contribution in [0.1, 0.15) is 27.7 Å². The van der Waals surface area contributed by atoms with E-state index in [2.05, 4.69) is 17.9 Å². The molecule has 1 saturated heterocycles. The Bertz CT molecular complexity index is 293. The number of hydrogen-bond acceptors (Lipinski definition) is 4. The van der Waals surface area contributed by atoms with Crippen LogP contribution in [0.4, 0.5) is 0 Å². The number of ether oxygens (including phenoxy) is 2. The number of carbonyl (C=O) groups excluding carboxylic acids is 1. The summed E-state index contributed by atoms with van der Waals surface area (Å²) in [6.07, 6.45) is 4.04. The van der Waals surface area contributed by atoms with Crippen LogP contribution >= 0.6 is 0 Å². The lowest BCUT2D eigenvalue weighted by Crippen LogP contribution is -2.41. The molecule has 0 saturated carbocycles. The lowest BCUT2D eigenvalue weighted by atomic mass is 9.92. The molecule has 0 aromatic heterocycles. The van der Waals surface area contributed by atoms with E-state index < -0.39 is 5.41 Å². The van der Waals surface area contributed by atoms with E-state index in [-0.39, 0.29) is 5.97 Å². The van der Waals surface area contributed by atoms with Gasteiger partial charge in [-0.25, -0.2) is 0 Å². The smallest absolute Gasteiger partial charge is 0.315 e. The zero-order valence-electron chi connectivity index (χ0n) is 11.9. The Labute approximate surface area is 110 Å². The van der Waals surface area contributed by atoms with Crippen molar-refractivity contribution >= 4 is 5.97 Å². The minimum absolute atomic E-state index is 0.171. The number of morpholine rings is 1. The van der Waals surface area contributed by atoms with Gasteiger partial charge in [-0.2, -0.15) is 0 Å². The summed E-state index contributed by atoms with van der Waals surface area (Å²) in [4.78, 5) is 14.1. The van der Waals surface area contributed by atoms with Crippen molar-refractivity contribution in [1.29, 1.82) is 0 Å². The fourth-order valence-electron chi connectivity index (χ4n) is 1.87. The normalized spacial score (nSPS) is 20.0. The van der Waals surface area contributed by atoms with Gasteiger partial charge in [0.15, 0.2) is 0 Å². The van der Waals surface area contributed by atoms with Crippen molar-refractivity contribution in [3.05, 3.63) is 12.2 Å². The first kappa shape index (κ1) is 15.2. The van der Waals surface area contributed by atoms with E-state index in [4.69, 9.17) is 9.47 Å². The molecule has 1 aliphatic rings. The molecule has 0 aliphatic carbocycles. The Morgan fingerprint density at radius 2 is 2.06 bits per heavy atom. The van der Waals surface area contributed by atoms with Crippen LogP contribution in [0.3, 0.4) is 0 Å². The van der Waals surface area contributed by atoms with Crippen molar-refractivity contribution in [3.63, 3.8) is 0 Å².